The molecule has 0 aliphatic heterocycles. The highest BCUT2D eigenvalue weighted by Gasteiger charge is 2.19. The summed E-state index contributed by atoms with van der Waals surface area (Å²) in [5.41, 5.74) is 1.03. The average molecular weight is 290 g/mol. The minimum Gasteiger partial charge on any atom is -0.495 e. The zero-order chi connectivity index (χ0) is 13.7. The number of hydrogen-bond donors (Lipinski definition) is 1. The molecule has 0 bridgehead atoms. The largest absolute Gasteiger partial charge is 0.495 e. The lowest BCUT2D eigenvalue weighted by molar-refractivity contribution is 0.406. The molecule has 0 aliphatic rings. The number of benzene rings is 1. The van der Waals surface area contributed by atoms with Crippen LogP contribution in [0.5, 0.6) is 5.75 Å². The number of rotatable bonds is 6. The molecule has 2 nitrogen and oxygen atoms in total. The Morgan fingerprint density at radius 2 is 1.89 bits per heavy atom. The summed E-state index contributed by atoms with van der Waals surface area (Å²) in [4.78, 5) is 0. The van der Waals surface area contributed by atoms with Crippen molar-refractivity contribution in [3.8, 4) is 5.75 Å². The van der Waals surface area contributed by atoms with Crippen LogP contribution in [0.3, 0.4) is 0 Å². The summed E-state index contributed by atoms with van der Waals surface area (Å²) in [5.74, 6) is 1.06. The van der Waals surface area contributed by atoms with Crippen molar-refractivity contribution in [1.29, 1.82) is 0 Å². The molecule has 102 valence electrons. The highest BCUT2D eigenvalue weighted by Crippen LogP contribution is 2.36. The van der Waals surface area contributed by atoms with E-state index in [-0.39, 0.29) is 6.04 Å². The van der Waals surface area contributed by atoms with Crippen molar-refractivity contribution < 1.29 is 4.74 Å². The SMILES string of the molecule is CCCNC(c1cc(Cl)c(OC)cc1Cl)C(C)C. The second-order valence-electron chi connectivity index (χ2n) is 4.68. The van der Waals surface area contributed by atoms with Crippen LogP contribution in [0.25, 0.3) is 0 Å². The van der Waals surface area contributed by atoms with Gasteiger partial charge in [0.15, 0.2) is 0 Å². The first-order valence-corrected chi connectivity index (χ1v) is 7.03. The fraction of sp³-hybridized carbons (Fsp3) is 0.571. The van der Waals surface area contributed by atoms with Crippen LogP contribution < -0.4 is 10.1 Å². The maximum absolute atomic E-state index is 6.32. The third-order valence-corrected chi connectivity index (χ3v) is 3.51. The van der Waals surface area contributed by atoms with E-state index in [0.717, 1.165) is 18.5 Å². The van der Waals surface area contributed by atoms with Gasteiger partial charge in [0.05, 0.1) is 12.1 Å². The van der Waals surface area contributed by atoms with E-state index in [1.165, 1.54) is 0 Å². The zero-order valence-corrected chi connectivity index (χ0v) is 12.9. The molecule has 0 amide bonds. The van der Waals surface area contributed by atoms with E-state index < -0.39 is 0 Å². The summed E-state index contributed by atoms with van der Waals surface area (Å²) in [6, 6.07) is 3.89. The Morgan fingerprint density at radius 3 is 2.39 bits per heavy atom. The summed E-state index contributed by atoms with van der Waals surface area (Å²) in [6.07, 6.45) is 1.09. The van der Waals surface area contributed by atoms with E-state index in [9.17, 15) is 0 Å². The Kier molecular flexibility index (Phi) is 6.27. The number of ether oxygens (including phenoxy) is 1. The Hall–Kier alpha value is -0.440. The lowest BCUT2D eigenvalue weighted by atomic mass is 9.95. The van der Waals surface area contributed by atoms with Gasteiger partial charge < -0.3 is 10.1 Å². The summed E-state index contributed by atoms with van der Waals surface area (Å²) in [5, 5.41) is 4.80. The molecule has 0 heterocycles. The molecule has 0 radical (unpaired) electrons. The molecule has 0 aromatic heterocycles. The van der Waals surface area contributed by atoms with Crippen LogP contribution in [-0.2, 0) is 0 Å². The van der Waals surface area contributed by atoms with Gasteiger partial charge in [0.1, 0.15) is 5.75 Å². The average Bonchev–Trinajstić information content (AvgIpc) is 2.32. The van der Waals surface area contributed by atoms with E-state index in [2.05, 4.69) is 26.1 Å². The molecule has 1 aromatic carbocycles. The second kappa shape index (κ2) is 7.22. The molecular formula is C14H21Cl2NO. The molecule has 0 aliphatic carbocycles. The summed E-state index contributed by atoms with van der Waals surface area (Å²) >= 11 is 12.5. The second-order valence-corrected chi connectivity index (χ2v) is 5.50. The van der Waals surface area contributed by atoms with Gasteiger partial charge in [-0.3, -0.25) is 0 Å². The molecule has 0 saturated carbocycles. The van der Waals surface area contributed by atoms with Gasteiger partial charge in [0.25, 0.3) is 0 Å². The Morgan fingerprint density at radius 1 is 1.22 bits per heavy atom. The number of methoxy groups -OCH3 is 1. The van der Waals surface area contributed by atoms with E-state index in [1.54, 1.807) is 13.2 Å². The molecule has 1 unspecified atom stereocenters. The van der Waals surface area contributed by atoms with Gasteiger partial charge >= 0.3 is 0 Å². The highest BCUT2D eigenvalue weighted by atomic mass is 35.5. The Balaban J connectivity index is 3.08. The molecule has 1 rings (SSSR count). The van der Waals surface area contributed by atoms with Gasteiger partial charge in [0.2, 0.25) is 0 Å². The van der Waals surface area contributed by atoms with Crippen molar-refractivity contribution in [2.75, 3.05) is 13.7 Å². The number of halogens is 2. The molecule has 1 atom stereocenters. The molecule has 0 saturated heterocycles. The first-order chi connectivity index (χ1) is 8.51. The van der Waals surface area contributed by atoms with Crippen LogP contribution in [0.15, 0.2) is 12.1 Å². The fourth-order valence-corrected chi connectivity index (χ4v) is 2.46. The Bertz CT molecular complexity index is 394. The lowest BCUT2D eigenvalue weighted by Crippen LogP contribution is -2.26. The maximum atomic E-state index is 6.32. The monoisotopic (exact) mass is 289 g/mol. The van der Waals surface area contributed by atoms with Crippen molar-refractivity contribution >= 4 is 23.2 Å². The smallest absolute Gasteiger partial charge is 0.138 e. The molecule has 1 aromatic rings. The van der Waals surface area contributed by atoms with E-state index in [0.29, 0.717) is 21.7 Å². The van der Waals surface area contributed by atoms with Crippen LogP contribution in [0.2, 0.25) is 10.0 Å². The van der Waals surface area contributed by atoms with Gasteiger partial charge in [-0.1, -0.05) is 44.0 Å². The van der Waals surface area contributed by atoms with Crippen LogP contribution in [0.1, 0.15) is 38.8 Å². The molecule has 0 fully saturated rings. The standard InChI is InChI=1S/C14H21Cl2NO/c1-5-6-17-14(9(2)3)10-7-12(16)13(18-4)8-11(10)15/h7-9,14,17H,5-6H2,1-4H3. The Labute approximate surface area is 120 Å². The van der Waals surface area contributed by atoms with Gasteiger partial charge in [-0.2, -0.15) is 0 Å². The molecule has 18 heavy (non-hydrogen) atoms. The third kappa shape index (κ3) is 3.78. The van der Waals surface area contributed by atoms with Crippen molar-refractivity contribution in [2.24, 2.45) is 5.92 Å². The topological polar surface area (TPSA) is 21.3 Å². The predicted molar refractivity (Wildman–Crippen MR) is 78.9 cm³/mol. The van der Waals surface area contributed by atoms with Crippen LogP contribution >= 0.6 is 23.2 Å². The van der Waals surface area contributed by atoms with Crippen molar-refractivity contribution in [3.63, 3.8) is 0 Å². The predicted octanol–water partition coefficient (Wildman–Crippen LogP) is 4.70. The normalized spacial score (nSPS) is 12.8. The van der Waals surface area contributed by atoms with Gasteiger partial charge in [0, 0.05) is 17.1 Å². The first kappa shape index (κ1) is 15.6. The van der Waals surface area contributed by atoms with Crippen LogP contribution in [-0.4, -0.2) is 13.7 Å². The minimum atomic E-state index is 0.209. The molecule has 1 N–H and O–H groups in total. The minimum absolute atomic E-state index is 0.209. The number of nitrogens with one attached hydrogen (secondary N) is 1. The fourth-order valence-electron chi connectivity index (χ4n) is 1.94. The molecular weight excluding hydrogens is 269 g/mol. The third-order valence-electron chi connectivity index (χ3n) is 2.89. The summed E-state index contributed by atoms with van der Waals surface area (Å²) in [7, 11) is 1.59. The first-order valence-electron chi connectivity index (χ1n) is 6.27. The molecule has 4 heteroatoms. The van der Waals surface area contributed by atoms with Crippen LogP contribution in [0.4, 0.5) is 0 Å². The van der Waals surface area contributed by atoms with E-state index >= 15 is 0 Å². The van der Waals surface area contributed by atoms with Gasteiger partial charge in [-0.15, -0.1) is 0 Å². The van der Waals surface area contributed by atoms with Gasteiger partial charge in [-0.05, 0) is 30.5 Å². The van der Waals surface area contributed by atoms with E-state index in [1.807, 2.05) is 6.07 Å². The maximum Gasteiger partial charge on any atom is 0.138 e. The quantitative estimate of drug-likeness (QED) is 0.820. The lowest BCUT2D eigenvalue weighted by Gasteiger charge is -2.24. The van der Waals surface area contributed by atoms with Gasteiger partial charge in [-0.25, -0.2) is 0 Å². The van der Waals surface area contributed by atoms with Crippen LogP contribution in [0, 0.1) is 5.92 Å². The van der Waals surface area contributed by atoms with Crippen molar-refractivity contribution in [3.05, 3.63) is 27.7 Å². The van der Waals surface area contributed by atoms with Crippen molar-refractivity contribution in [1.82, 2.24) is 5.32 Å². The highest BCUT2D eigenvalue weighted by molar-refractivity contribution is 6.34. The number of hydrogen-bond acceptors (Lipinski definition) is 2. The van der Waals surface area contributed by atoms with E-state index in [4.69, 9.17) is 27.9 Å². The summed E-state index contributed by atoms with van der Waals surface area (Å²) < 4.78 is 5.17. The summed E-state index contributed by atoms with van der Waals surface area (Å²) in [6.45, 7) is 7.44. The molecule has 0 spiro atoms. The van der Waals surface area contributed by atoms with Crippen molar-refractivity contribution in [2.45, 2.75) is 33.2 Å². The zero-order valence-electron chi connectivity index (χ0n) is 11.4.